The van der Waals surface area contributed by atoms with Crippen LogP contribution in [0.3, 0.4) is 0 Å². The van der Waals surface area contributed by atoms with Crippen LogP contribution >= 0.6 is 0 Å². The summed E-state index contributed by atoms with van der Waals surface area (Å²) in [4.78, 5) is 0. The minimum absolute atomic E-state index is 0.0508. The topological polar surface area (TPSA) is 52.5 Å². The zero-order valence-electron chi connectivity index (χ0n) is 11.5. The largest absolute Gasteiger partial charge is 0.508 e. The van der Waals surface area contributed by atoms with Crippen LogP contribution in [-0.2, 0) is 12.8 Å². The van der Waals surface area contributed by atoms with Gasteiger partial charge >= 0.3 is 0 Å². The van der Waals surface area contributed by atoms with E-state index in [-0.39, 0.29) is 17.5 Å². The zero-order valence-corrected chi connectivity index (χ0v) is 11.5. The van der Waals surface area contributed by atoms with Crippen LogP contribution in [0.4, 0.5) is 0 Å². The summed E-state index contributed by atoms with van der Waals surface area (Å²) < 4.78 is 0. The number of rotatable bonds is 3. The normalized spacial score (nSPS) is 16.1. The van der Waals surface area contributed by atoms with Crippen molar-refractivity contribution in [2.45, 2.75) is 31.8 Å². The number of phenolic OH excluding ortho intramolecular Hbond substituents is 2. The van der Waals surface area contributed by atoms with E-state index in [9.17, 15) is 10.2 Å². The van der Waals surface area contributed by atoms with Crippen molar-refractivity contribution >= 4 is 0 Å². The van der Waals surface area contributed by atoms with E-state index in [4.69, 9.17) is 0 Å². The molecule has 0 bridgehead atoms. The van der Waals surface area contributed by atoms with E-state index < -0.39 is 0 Å². The van der Waals surface area contributed by atoms with Crippen molar-refractivity contribution in [3.05, 3.63) is 59.2 Å². The molecule has 0 fully saturated rings. The summed E-state index contributed by atoms with van der Waals surface area (Å²) in [7, 11) is 0. The fourth-order valence-electron chi connectivity index (χ4n) is 3.02. The highest BCUT2D eigenvalue weighted by Gasteiger charge is 2.23. The quantitative estimate of drug-likeness (QED) is 0.803. The van der Waals surface area contributed by atoms with Crippen LogP contribution < -0.4 is 5.32 Å². The molecule has 0 radical (unpaired) electrons. The first-order valence-electron chi connectivity index (χ1n) is 6.98. The molecule has 1 aliphatic rings. The molecule has 3 rings (SSSR count). The molecule has 20 heavy (non-hydrogen) atoms. The summed E-state index contributed by atoms with van der Waals surface area (Å²) in [5, 5.41) is 22.8. The van der Waals surface area contributed by atoms with Crippen LogP contribution in [-0.4, -0.2) is 16.3 Å². The van der Waals surface area contributed by atoms with Crippen LogP contribution in [0, 0.1) is 0 Å². The van der Waals surface area contributed by atoms with Crippen LogP contribution in [0.1, 0.15) is 29.7 Å². The maximum Gasteiger partial charge on any atom is 0.124 e. The summed E-state index contributed by atoms with van der Waals surface area (Å²) in [5.41, 5.74) is 3.64. The summed E-state index contributed by atoms with van der Waals surface area (Å²) in [6.45, 7) is 2.04. The molecular formula is C17H19NO2. The predicted octanol–water partition coefficient (Wildman–Crippen LogP) is 2.92. The first kappa shape index (κ1) is 13.0. The number of phenols is 2. The van der Waals surface area contributed by atoms with Crippen molar-refractivity contribution in [2.75, 3.05) is 0 Å². The Kier molecular flexibility index (Phi) is 3.36. The van der Waals surface area contributed by atoms with Gasteiger partial charge in [0.2, 0.25) is 0 Å². The third-order valence-electron chi connectivity index (χ3n) is 4.02. The van der Waals surface area contributed by atoms with Crippen LogP contribution in [0.2, 0.25) is 0 Å². The highest BCUT2D eigenvalue weighted by atomic mass is 16.3. The molecule has 0 aromatic heterocycles. The van der Waals surface area contributed by atoms with Gasteiger partial charge in [-0.3, -0.25) is 0 Å². The lowest BCUT2D eigenvalue weighted by Crippen LogP contribution is -2.32. The van der Waals surface area contributed by atoms with Crippen molar-refractivity contribution in [3.63, 3.8) is 0 Å². The van der Waals surface area contributed by atoms with E-state index in [2.05, 4.69) is 29.6 Å². The molecule has 0 saturated carbocycles. The Morgan fingerprint density at radius 2 is 1.70 bits per heavy atom. The Hall–Kier alpha value is -2.00. The lowest BCUT2D eigenvalue weighted by atomic mass is 10.1. The predicted molar refractivity (Wildman–Crippen MR) is 79.0 cm³/mol. The highest BCUT2D eigenvalue weighted by molar-refractivity contribution is 5.41. The number of fused-ring (bicyclic) bond motifs is 1. The van der Waals surface area contributed by atoms with Crippen LogP contribution in [0.15, 0.2) is 42.5 Å². The average Bonchev–Trinajstić information content (AvgIpc) is 2.80. The summed E-state index contributed by atoms with van der Waals surface area (Å²) >= 11 is 0. The van der Waals surface area contributed by atoms with E-state index in [0.717, 1.165) is 18.4 Å². The minimum atomic E-state index is 0.0508. The number of hydrogen-bond acceptors (Lipinski definition) is 3. The molecule has 2 aromatic carbocycles. The van der Waals surface area contributed by atoms with Gasteiger partial charge in [-0.15, -0.1) is 0 Å². The molecule has 0 amide bonds. The molecule has 2 aromatic rings. The molecule has 3 heteroatoms. The molecule has 1 atom stereocenters. The van der Waals surface area contributed by atoms with Crippen LogP contribution in [0.25, 0.3) is 0 Å². The zero-order chi connectivity index (χ0) is 14.1. The van der Waals surface area contributed by atoms with Gasteiger partial charge in [0.25, 0.3) is 0 Å². The van der Waals surface area contributed by atoms with E-state index in [1.165, 1.54) is 17.2 Å². The van der Waals surface area contributed by atoms with Gasteiger partial charge in [-0.1, -0.05) is 30.3 Å². The second-order valence-electron chi connectivity index (χ2n) is 5.51. The van der Waals surface area contributed by atoms with Gasteiger partial charge in [0.1, 0.15) is 11.5 Å². The van der Waals surface area contributed by atoms with Gasteiger partial charge in [0.15, 0.2) is 0 Å². The second kappa shape index (κ2) is 5.17. The molecule has 104 valence electrons. The van der Waals surface area contributed by atoms with Gasteiger partial charge in [0.05, 0.1) is 0 Å². The fourth-order valence-corrected chi connectivity index (χ4v) is 3.02. The number of nitrogens with one attached hydrogen (secondary N) is 1. The third kappa shape index (κ3) is 2.49. The number of benzene rings is 2. The highest BCUT2D eigenvalue weighted by Crippen LogP contribution is 2.29. The average molecular weight is 269 g/mol. The monoisotopic (exact) mass is 269 g/mol. The molecule has 3 N–H and O–H groups in total. The maximum absolute atomic E-state index is 9.91. The first-order chi connectivity index (χ1) is 9.63. The number of aromatic hydroxyl groups is 2. The fraction of sp³-hybridized carbons (Fsp3) is 0.294. The lowest BCUT2D eigenvalue weighted by molar-refractivity contribution is 0.421. The maximum atomic E-state index is 9.91. The molecule has 0 spiro atoms. The Morgan fingerprint density at radius 1 is 1.05 bits per heavy atom. The van der Waals surface area contributed by atoms with Crippen molar-refractivity contribution in [2.24, 2.45) is 0 Å². The molecule has 0 aliphatic heterocycles. The lowest BCUT2D eigenvalue weighted by Gasteiger charge is -2.20. The Balaban J connectivity index is 1.70. The van der Waals surface area contributed by atoms with E-state index in [1.54, 1.807) is 12.1 Å². The van der Waals surface area contributed by atoms with Gasteiger partial charge in [-0.05, 0) is 37.0 Å². The first-order valence-corrected chi connectivity index (χ1v) is 6.98. The van der Waals surface area contributed by atoms with Crippen molar-refractivity contribution < 1.29 is 10.2 Å². The molecule has 0 saturated heterocycles. The van der Waals surface area contributed by atoms with E-state index in [1.807, 2.05) is 6.92 Å². The van der Waals surface area contributed by atoms with E-state index >= 15 is 0 Å². The van der Waals surface area contributed by atoms with Crippen molar-refractivity contribution in [3.8, 4) is 11.5 Å². The third-order valence-corrected chi connectivity index (χ3v) is 4.02. The van der Waals surface area contributed by atoms with Crippen LogP contribution in [0.5, 0.6) is 11.5 Å². The smallest absolute Gasteiger partial charge is 0.124 e. The van der Waals surface area contributed by atoms with Crippen molar-refractivity contribution in [1.29, 1.82) is 0 Å². The Morgan fingerprint density at radius 3 is 2.30 bits per heavy atom. The summed E-state index contributed by atoms with van der Waals surface area (Å²) in [6, 6.07) is 13.7. The molecule has 1 aliphatic carbocycles. The Labute approximate surface area is 118 Å². The summed E-state index contributed by atoms with van der Waals surface area (Å²) in [5.74, 6) is 0.229. The summed E-state index contributed by atoms with van der Waals surface area (Å²) in [6.07, 6.45) is 2.05. The molecular weight excluding hydrogens is 250 g/mol. The minimum Gasteiger partial charge on any atom is -0.508 e. The van der Waals surface area contributed by atoms with E-state index in [0.29, 0.717) is 6.04 Å². The van der Waals surface area contributed by atoms with Gasteiger partial charge < -0.3 is 15.5 Å². The molecule has 0 heterocycles. The van der Waals surface area contributed by atoms with Crippen molar-refractivity contribution in [1.82, 2.24) is 5.32 Å². The second-order valence-corrected chi connectivity index (χ2v) is 5.51. The number of hydrogen-bond donors (Lipinski definition) is 3. The van der Waals surface area contributed by atoms with Gasteiger partial charge in [-0.2, -0.15) is 0 Å². The van der Waals surface area contributed by atoms with Gasteiger partial charge in [-0.25, -0.2) is 0 Å². The van der Waals surface area contributed by atoms with Gasteiger partial charge in [0, 0.05) is 23.7 Å². The molecule has 1 unspecified atom stereocenters. The standard InChI is InChI=1S/C17H19NO2/c1-11(16-7-6-15(19)10-17(16)20)18-14-8-12-4-2-3-5-13(12)9-14/h2-7,10-11,14,18-20H,8-9H2,1H3. The SMILES string of the molecule is CC(NC1Cc2ccccc2C1)c1ccc(O)cc1O. The molecule has 3 nitrogen and oxygen atoms in total. The Bertz CT molecular complexity index is 599.